The number of aliphatic hydroxyl groups excluding tert-OH is 3. The minimum atomic E-state index is -1.29. The fourth-order valence-corrected chi connectivity index (χ4v) is 1.09. The third-order valence-corrected chi connectivity index (χ3v) is 1.92. The lowest BCUT2D eigenvalue weighted by molar-refractivity contribution is -0.247. The van der Waals surface area contributed by atoms with Crippen molar-refractivity contribution in [2.24, 2.45) is 5.73 Å². The first-order chi connectivity index (χ1) is 5.04. The van der Waals surface area contributed by atoms with Gasteiger partial charge in [0.05, 0.1) is 18.2 Å². The molecular weight excluding hydrogens is 150 g/mol. The first kappa shape index (κ1) is 8.89. The Balaban J connectivity index is 2.63. The normalized spacial score (nSPS) is 52.6. The Kier molecular flexibility index (Phi) is 2.46. The van der Waals surface area contributed by atoms with E-state index >= 15 is 0 Å². The van der Waals surface area contributed by atoms with E-state index in [9.17, 15) is 5.11 Å². The van der Waals surface area contributed by atoms with Crippen LogP contribution in [0.2, 0.25) is 0 Å². The highest BCUT2D eigenvalue weighted by atomic mass is 16.6. The van der Waals surface area contributed by atoms with Crippen LogP contribution >= 0.6 is 0 Å². The van der Waals surface area contributed by atoms with E-state index in [0.29, 0.717) is 0 Å². The largest absolute Gasteiger partial charge is 0.389 e. The first-order valence-corrected chi connectivity index (χ1v) is 3.49. The zero-order valence-electron chi connectivity index (χ0n) is 6.21. The van der Waals surface area contributed by atoms with Crippen LogP contribution in [-0.4, -0.2) is 46.0 Å². The van der Waals surface area contributed by atoms with Crippen molar-refractivity contribution in [1.29, 1.82) is 0 Å². The monoisotopic (exact) mass is 163 g/mol. The van der Waals surface area contributed by atoms with Gasteiger partial charge >= 0.3 is 0 Å². The summed E-state index contributed by atoms with van der Waals surface area (Å²) in [4.78, 5) is 0. The summed E-state index contributed by atoms with van der Waals surface area (Å²) in [7, 11) is 0. The molecule has 0 spiro atoms. The Morgan fingerprint density at radius 1 is 1.18 bits per heavy atom. The topological polar surface area (TPSA) is 95.9 Å². The Morgan fingerprint density at radius 3 is 2.27 bits per heavy atom. The van der Waals surface area contributed by atoms with Crippen molar-refractivity contribution in [2.45, 2.75) is 37.6 Å². The molecule has 5 heteroatoms. The summed E-state index contributed by atoms with van der Waals surface area (Å²) in [6, 6.07) is -0.839. The maximum atomic E-state index is 9.21. The van der Waals surface area contributed by atoms with Crippen LogP contribution in [-0.2, 0) is 4.74 Å². The summed E-state index contributed by atoms with van der Waals surface area (Å²) in [5, 5.41) is 27.3. The highest BCUT2D eigenvalue weighted by molar-refractivity contribution is 4.89. The summed E-state index contributed by atoms with van der Waals surface area (Å²) in [5.41, 5.74) is 5.36. The van der Waals surface area contributed by atoms with Crippen LogP contribution in [0.1, 0.15) is 6.92 Å². The van der Waals surface area contributed by atoms with Gasteiger partial charge in [-0.2, -0.15) is 0 Å². The summed E-state index contributed by atoms with van der Waals surface area (Å²) in [6.45, 7) is 1.58. The lowest BCUT2D eigenvalue weighted by Gasteiger charge is -2.37. The van der Waals surface area contributed by atoms with E-state index in [1.807, 2.05) is 0 Å². The van der Waals surface area contributed by atoms with E-state index in [2.05, 4.69) is 0 Å². The van der Waals surface area contributed by atoms with Crippen molar-refractivity contribution in [1.82, 2.24) is 0 Å². The Bertz CT molecular complexity index is 129. The fraction of sp³-hybridized carbons (Fsp3) is 1.00. The number of aliphatic hydroxyl groups is 3. The molecule has 0 aliphatic carbocycles. The average Bonchev–Trinajstić information content (AvgIpc) is 1.97. The van der Waals surface area contributed by atoms with E-state index in [0.717, 1.165) is 0 Å². The molecule has 0 saturated carbocycles. The molecule has 66 valence electrons. The maximum Gasteiger partial charge on any atom is 0.182 e. The van der Waals surface area contributed by atoms with Gasteiger partial charge in [0.25, 0.3) is 0 Å². The maximum absolute atomic E-state index is 9.21. The van der Waals surface area contributed by atoms with Crippen molar-refractivity contribution in [2.75, 3.05) is 0 Å². The van der Waals surface area contributed by atoms with Crippen molar-refractivity contribution in [3.05, 3.63) is 0 Å². The molecule has 0 aromatic rings. The van der Waals surface area contributed by atoms with Gasteiger partial charge in [-0.15, -0.1) is 0 Å². The molecule has 0 amide bonds. The predicted molar refractivity (Wildman–Crippen MR) is 36.5 cm³/mol. The number of rotatable bonds is 0. The molecule has 1 aliphatic heterocycles. The zero-order valence-corrected chi connectivity index (χ0v) is 6.21. The molecule has 0 radical (unpaired) electrons. The molecule has 11 heavy (non-hydrogen) atoms. The highest BCUT2D eigenvalue weighted by Crippen LogP contribution is 2.17. The Hall–Kier alpha value is -0.200. The van der Waals surface area contributed by atoms with Gasteiger partial charge in [-0.3, -0.25) is 0 Å². The van der Waals surface area contributed by atoms with E-state index in [4.69, 9.17) is 20.7 Å². The molecule has 5 atom stereocenters. The lowest BCUT2D eigenvalue weighted by Crippen LogP contribution is -2.60. The quantitative estimate of drug-likeness (QED) is 0.324. The smallest absolute Gasteiger partial charge is 0.182 e. The zero-order chi connectivity index (χ0) is 8.59. The van der Waals surface area contributed by atoms with Crippen LogP contribution in [0.4, 0.5) is 0 Å². The third-order valence-electron chi connectivity index (χ3n) is 1.92. The second-order valence-electron chi connectivity index (χ2n) is 2.79. The molecule has 1 saturated heterocycles. The number of hydrogen-bond acceptors (Lipinski definition) is 5. The third kappa shape index (κ3) is 1.52. The molecule has 1 fully saturated rings. The molecule has 1 aliphatic rings. The van der Waals surface area contributed by atoms with Crippen molar-refractivity contribution < 1.29 is 20.1 Å². The molecule has 0 bridgehead atoms. The molecule has 5 nitrogen and oxygen atoms in total. The molecule has 0 aromatic heterocycles. The van der Waals surface area contributed by atoms with E-state index in [1.54, 1.807) is 6.92 Å². The molecule has 0 aromatic carbocycles. The standard InChI is InChI=1S/C6H13NO4/c1-2-4(8)3(7)5(9)6(10)11-2/h2-6,8-10H,7H2,1H3/t2-,3+,4-,5+,6+/m0/s1. The van der Waals surface area contributed by atoms with Gasteiger partial charge in [-0.1, -0.05) is 0 Å². The molecule has 5 N–H and O–H groups in total. The van der Waals surface area contributed by atoms with Crippen molar-refractivity contribution in [3.63, 3.8) is 0 Å². The second-order valence-corrected chi connectivity index (χ2v) is 2.79. The average molecular weight is 163 g/mol. The summed E-state index contributed by atoms with van der Waals surface area (Å²) in [6.07, 6.45) is -3.96. The van der Waals surface area contributed by atoms with Gasteiger partial charge in [0, 0.05) is 0 Å². The Morgan fingerprint density at radius 2 is 1.73 bits per heavy atom. The SMILES string of the molecule is C[C@@H]1O[C@@H](O)[C@H](O)[C@H](N)[C@H]1O. The van der Waals surface area contributed by atoms with Crippen LogP contribution in [0.25, 0.3) is 0 Å². The highest BCUT2D eigenvalue weighted by Gasteiger charge is 2.39. The van der Waals surface area contributed by atoms with E-state index in [-0.39, 0.29) is 0 Å². The van der Waals surface area contributed by atoms with Gasteiger partial charge < -0.3 is 25.8 Å². The second kappa shape index (κ2) is 3.04. The first-order valence-electron chi connectivity index (χ1n) is 3.49. The van der Waals surface area contributed by atoms with E-state index in [1.165, 1.54) is 0 Å². The number of nitrogens with two attached hydrogens (primary N) is 1. The Labute approximate surface area is 64.4 Å². The fourth-order valence-electron chi connectivity index (χ4n) is 1.09. The molecule has 0 unspecified atom stereocenters. The van der Waals surface area contributed by atoms with Crippen molar-refractivity contribution >= 4 is 0 Å². The molecular formula is C6H13NO4. The van der Waals surface area contributed by atoms with Crippen LogP contribution in [0.15, 0.2) is 0 Å². The molecule has 1 rings (SSSR count). The summed E-state index contributed by atoms with van der Waals surface area (Å²) in [5.74, 6) is 0. The van der Waals surface area contributed by atoms with Crippen LogP contribution in [0.5, 0.6) is 0 Å². The van der Waals surface area contributed by atoms with Crippen LogP contribution < -0.4 is 5.73 Å². The number of ether oxygens (including phenoxy) is 1. The van der Waals surface area contributed by atoms with Gasteiger partial charge in [-0.05, 0) is 6.92 Å². The van der Waals surface area contributed by atoms with Crippen LogP contribution in [0.3, 0.4) is 0 Å². The number of hydrogen-bond donors (Lipinski definition) is 4. The predicted octanol–water partition coefficient (Wildman–Crippen LogP) is -2.23. The minimum absolute atomic E-state index is 0.539. The van der Waals surface area contributed by atoms with E-state index < -0.39 is 30.6 Å². The summed E-state index contributed by atoms with van der Waals surface area (Å²) >= 11 is 0. The van der Waals surface area contributed by atoms with Gasteiger partial charge in [-0.25, -0.2) is 0 Å². The summed E-state index contributed by atoms with van der Waals surface area (Å²) < 4.78 is 4.76. The minimum Gasteiger partial charge on any atom is -0.389 e. The van der Waals surface area contributed by atoms with Gasteiger partial charge in [0.2, 0.25) is 0 Å². The van der Waals surface area contributed by atoms with Gasteiger partial charge in [0.1, 0.15) is 6.10 Å². The lowest BCUT2D eigenvalue weighted by atomic mass is 9.98. The van der Waals surface area contributed by atoms with Crippen molar-refractivity contribution in [3.8, 4) is 0 Å². The molecule has 1 heterocycles. The van der Waals surface area contributed by atoms with Gasteiger partial charge in [0.15, 0.2) is 6.29 Å². The van der Waals surface area contributed by atoms with Crippen LogP contribution in [0, 0.1) is 0 Å².